The Morgan fingerprint density at radius 2 is 1.48 bits per heavy atom. The van der Waals surface area contributed by atoms with E-state index in [1.165, 1.54) is 10.5 Å². The molecule has 1 unspecified atom stereocenters. The molecule has 1 atom stereocenters. The van der Waals surface area contributed by atoms with Gasteiger partial charge < -0.3 is 5.32 Å². The second kappa shape index (κ2) is 7.19. The van der Waals surface area contributed by atoms with Crippen LogP contribution in [0.2, 0.25) is 0 Å². The molecule has 1 aromatic carbocycles. The molecule has 0 amide bonds. The van der Waals surface area contributed by atoms with Gasteiger partial charge in [0.2, 0.25) is 0 Å². The Labute approximate surface area is 136 Å². The van der Waals surface area contributed by atoms with Gasteiger partial charge in [-0.1, -0.05) is 46.8 Å². The Bertz CT molecular complexity index is 420. The Morgan fingerprint density at radius 1 is 0.952 bits per heavy atom. The SMILES string of the molecule is CC(C)C(CNC(C)(C)C)Sc1ccc(C(C)(C)C)cc1. The van der Waals surface area contributed by atoms with Gasteiger partial charge >= 0.3 is 0 Å². The second-order valence-corrected chi connectivity index (χ2v) is 9.62. The normalized spacial score (nSPS) is 14.5. The summed E-state index contributed by atoms with van der Waals surface area (Å²) in [5.74, 6) is 0.659. The summed E-state index contributed by atoms with van der Waals surface area (Å²) in [5.41, 5.74) is 1.82. The number of benzene rings is 1. The van der Waals surface area contributed by atoms with E-state index in [1.54, 1.807) is 0 Å². The Balaban J connectivity index is 2.71. The number of hydrogen-bond donors (Lipinski definition) is 1. The van der Waals surface area contributed by atoms with Crippen molar-refractivity contribution in [2.45, 2.75) is 76.5 Å². The van der Waals surface area contributed by atoms with Crippen LogP contribution in [0.1, 0.15) is 61.0 Å². The molecule has 1 aromatic rings. The Hall–Kier alpha value is -0.470. The summed E-state index contributed by atoms with van der Waals surface area (Å²) in [5, 5.41) is 4.24. The molecule has 120 valence electrons. The molecule has 0 heterocycles. The van der Waals surface area contributed by atoms with Crippen molar-refractivity contribution in [2.75, 3.05) is 6.54 Å². The predicted molar refractivity (Wildman–Crippen MR) is 97.4 cm³/mol. The summed E-state index contributed by atoms with van der Waals surface area (Å²) in [6, 6.07) is 9.10. The summed E-state index contributed by atoms with van der Waals surface area (Å²) >= 11 is 1.99. The molecule has 0 bridgehead atoms. The minimum atomic E-state index is 0.184. The molecule has 2 heteroatoms. The minimum absolute atomic E-state index is 0.184. The molecule has 0 radical (unpaired) electrons. The summed E-state index contributed by atoms with van der Waals surface area (Å²) < 4.78 is 0. The van der Waals surface area contributed by atoms with Gasteiger partial charge in [0.25, 0.3) is 0 Å². The fourth-order valence-corrected chi connectivity index (χ4v) is 3.11. The standard InChI is InChI=1S/C19H33NS/c1-14(2)17(13-20-19(6,7)8)21-16-11-9-15(10-12-16)18(3,4)5/h9-12,14,17,20H,13H2,1-8H3. The van der Waals surface area contributed by atoms with E-state index < -0.39 is 0 Å². The second-order valence-electron chi connectivity index (χ2n) is 8.31. The van der Waals surface area contributed by atoms with Crippen molar-refractivity contribution in [1.82, 2.24) is 5.32 Å². The van der Waals surface area contributed by atoms with Crippen LogP contribution in [0.4, 0.5) is 0 Å². The van der Waals surface area contributed by atoms with Gasteiger partial charge in [-0.05, 0) is 49.8 Å². The predicted octanol–water partition coefficient (Wildman–Crippen LogP) is 5.49. The summed E-state index contributed by atoms with van der Waals surface area (Å²) in [6.07, 6.45) is 0. The van der Waals surface area contributed by atoms with E-state index >= 15 is 0 Å². The van der Waals surface area contributed by atoms with Gasteiger partial charge in [-0.15, -0.1) is 11.8 Å². The molecule has 0 spiro atoms. The lowest BCUT2D eigenvalue weighted by Crippen LogP contribution is -2.41. The molecule has 0 aliphatic rings. The lowest BCUT2D eigenvalue weighted by molar-refractivity contribution is 0.408. The van der Waals surface area contributed by atoms with Crippen LogP contribution in [0.5, 0.6) is 0 Å². The molecule has 0 aliphatic carbocycles. The summed E-state index contributed by atoms with van der Waals surface area (Å²) in [4.78, 5) is 1.37. The first-order valence-electron chi connectivity index (χ1n) is 8.01. The van der Waals surface area contributed by atoms with Crippen molar-refractivity contribution < 1.29 is 0 Å². The zero-order valence-electron chi connectivity index (χ0n) is 15.1. The van der Waals surface area contributed by atoms with Crippen LogP contribution in [0, 0.1) is 5.92 Å². The highest BCUT2D eigenvalue weighted by molar-refractivity contribution is 8.00. The van der Waals surface area contributed by atoms with Crippen LogP contribution in [0.3, 0.4) is 0 Å². The van der Waals surface area contributed by atoms with E-state index in [4.69, 9.17) is 0 Å². The highest BCUT2D eigenvalue weighted by atomic mass is 32.2. The van der Waals surface area contributed by atoms with Crippen molar-refractivity contribution in [2.24, 2.45) is 5.92 Å². The average Bonchev–Trinajstić information content (AvgIpc) is 2.32. The van der Waals surface area contributed by atoms with Gasteiger partial charge in [-0.3, -0.25) is 0 Å². The van der Waals surface area contributed by atoms with Crippen LogP contribution in [0.25, 0.3) is 0 Å². The molecule has 0 fully saturated rings. The van der Waals surface area contributed by atoms with Gasteiger partial charge in [0.1, 0.15) is 0 Å². The van der Waals surface area contributed by atoms with Crippen molar-refractivity contribution >= 4 is 11.8 Å². The number of hydrogen-bond acceptors (Lipinski definition) is 2. The first-order valence-corrected chi connectivity index (χ1v) is 8.89. The first kappa shape index (κ1) is 18.6. The fourth-order valence-electron chi connectivity index (χ4n) is 2.03. The molecule has 0 aromatic heterocycles. The molecule has 21 heavy (non-hydrogen) atoms. The number of rotatable bonds is 5. The van der Waals surface area contributed by atoms with E-state index in [9.17, 15) is 0 Å². The van der Waals surface area contributed by atoms with Crippen LogP contribution >= 0.6 is 11.8 Å². The third-order valence-electron chi connectivity index (χ3n) is 3.58. The lowest BCUT2D eigenvalue weighted by atomic mass is 9.87. The average molecular weight is 308 g/mol. The van der Waals surface area contributed by atoms with E-state index in [0.29, 0.717) is 11.2 Å². The Morgan fingerprint density at radius 3 is 1.86 bits per heavy atom. The maximum atomic E-state index is 3.64. The molecular weight excluding hydrogens is 274 g/mol. The number of thioether (sulfide) groups is 1. The highest BCUT2D eigenvalue weighted by Gasteiger charge is 2.19. The molecule has 1 nitrogen and oxygen atoms in total. The van der Waals surface area contributed by atoms with Crippen LogP contribution in [-0.4, -0.2) is 17.3 Å². The molecular formula is C19H33NS. The van der Waals surface area contributed by atoms with E-state index in [0.717, 1.165) is 6.54 Å². The number of nitrogens with one attached hydrogen (secondary N) is 1. The van der Waals surface area contributed by atoms with Crippen molar-refractivity contribution in [3.8, 4) is 0 Å². The molecule has 0 saturated heterocycles. The third kappa shape index (κ3) is 6.88. The molecule has 0 saturated carbocycles. The van der Waals surface area contributed by atoms with Crippen LogP contribution in [-0.2, 0) is 5.41 Å². The van der Waals surface area contributed by atoms with Gasteiger partial charge in [0, 0.05) is 22.2 Å². The minimum Gasteiger partial charge on any atom is -0.311 e. The first-order chi connectivity index (χ1) is 9.49. The van der Waals surface area contributed by atoms with Crippen LogP contribution in [0.15, 0.2) is 29.2 Å². The van der Waals surface area contributed by atoms with Crippen molar-refractivity contribution in [3.63, 3.8) is 0 Å². The monoisotopic (exact) mass is 307 g/mol. The smallest absolute Gasteiger partial charge is 0.0242 e. The van der Waals surface area contributed by atoms with E-state index in [1.807, 2.05) is 11.8 Å². The topological polar surface area (TPSA) is 12.0 Å². The van der Waals surface area contributed by atoms with Crippen molar-refractivity contribution in [1.29, 1.82) is 0 Å². The zero-order valence-corrected chi connectivity index (χ0v) is 15.9. The fraction of sp³-hybridized carbons (Fsp3) is 0.684. The van der Waals surface area contributed by atoms with Gasteiger partial charge in [-0.2, -0.15) is 0 Å². The quantitative estimate of drug-likeness (QED) is 0.722. The maximum Gasteiger partial charge on any atom is 0.0242 e. The largest absolute Gasteiger partial charge is 0.311 e. The molecule has 1 N–H and O–H groups in total. The van der Waals surface area contributed by atoms with Gasteiger partial charge in [-0.25, -0.2) is 0 Å². The maximum absolute atomic E-state index is 3.64. The highest BCUT2D eigenvalue weighted by Crippen LogP contribution is 2.30. The van der Waals surface area contributed by atoms with E-state index in [2.05, 4.69) is 85.0 Å². The van der Waals surface area contributed by atoms with Crippen LogP contribution < -0.4 is 5.32 Å². The lowest BCUT2D eigenvalue weighted by Gasteiger charge is -2.27. The zero-order chi connectivity index (χ0) is 16.3. The molecule has 0 aliphatic heterocycles. The Kier molecular flexibility index (Phi) is 6.36. The summed E-state index contributed by atoms with van der Waals surface area (Å²) in [7, 11) is 0. The van der Waals surface area contributed by atoms with Gasteiger partial charge in [0.15, 0.2) is 0 Å². The van der Waals surface area contributed by atoms with Gasteiger partial charge in [0.05, 0.1) is 0 Å². The molecule has 1 rings (SSSR count). The summed E-state index contributed by atoms with van der Waals surface area (Å²) in [6.45, 7) is 19.1. The third-order valence-corrected chi connectivity index (χ3v) is 5.14. The van der Waals surface area contributed by atoms with E-state index in [-0.39, 0.29) is 11.0 Å². The van der Waals surface area contributed by atoms with Crippen molar-refractivity contribution in [3.05, 3.63) is 29.8 Å².